The molecule has 0 aliphatic heterocycles. The Kier molecular flexibility index (Phi) is 7.14. The minimum absolute atomic E-state index is 0.247. The van der Waals surface area contributed by atoms with Crippen LogP contribution in [-0.2, 0) is 6.42 Å². The van der Waals surface area contributed by atoms with Gasteiger partial charge in [0.15, 0.2) is 11.5 Å². The molecule has 0 aromatic heterocycles. The van der Waals surface area contributed by atoms with Crippen LogP contribution in [0.1, 0.15) is 36.5 Å². The van der Waals surface area contributed by atoms with Gasteiger partial charge < -0.3 is 19.9 Å². The molecule has 0 saturated heterocycles. The number of benzene rings is 2. The number of ether oxygens (including phenoxy) is 3. The zero-order chi connectivity index (χ0) is 18.2. The molecule has 0 radical (unpaired) electrons. The van der Waals surface area contributed by atoms with E-state index in [9.17, 15) is 0 Å². The fourth-order valence-corrected chi connectivity index (χ4v) is 2.98. The van der Waals surface area contributed by atoms with Crippen molar-refractivity contribution in [1.29, 1.82) is 0 Å². The Morgan fingerprint density at radius 1 is 0.920 bits per heavy atom. The molecule has 2 N–H and O–H groups in total. The molecule has 2 aromatic carbocycles. The van der Waals surface area contributed by atoms with E-state index in [1.165, 1.54) is 11.1 Å². The first-order chi connectivity index (χ1) is 12.1. The lowest BCUT2D eigenvalue weighted by Gasteiger charge is -2.18. The largest absolute Gasteiger partial charge is 0.494 e. The summed E-state index contributed by atoms with van der Waals surface area (Å²) in [6.07, 6.45) is 0.854. The Labute approximate surface area is 150 Å². The lowest BCUT2D eigenvalue weighted by molar-refractivity contribution is 0.310. The van der Waals surface area contributed by atoms with Crippen LogP contribution in [0.25, 0.3) is 0 Å². The normalized spacial score (nSPS) is 11.9. The predicted octanol–water partition coefficient (Wildman–Crippen LogP) is 4.09. The average molecular weight is 343 g/mol. The third-order valence-corrected chi connectivity index (χ3v) is 4.26. The van der Waals surface area contributed by atoms with Gasteiger partial charge in [0.1, 0.15) is 5.75 Å². The maximum atomic E-state index is 6.06. The average Bonchev–Trinajstić information content (AvgIpc) is 2.62. The SMILES string of the molecule is CCOc1ccc(C(CN)Cc2ccc(OCC)c(OC)c2)cc1C. The molecule has 2 aromatic rings. The maximum Gasteiger partial charge on any atom is 0.161 e. The van der Waals surface area contributed by atoms with Gasteiger partial charge in [-0.1, -0.05) is 18.2 Å². The molecule has 0 bridgehead atoms. The van der Waals surface area contributed by atoms with Crippen LogP contribution in [0.15, 0.2) is 36.4 Å². The Hall–Kier alpha value is -2.20. The van der Waals surface area contributed by atoms with E-state index < -0.39 is 0 Å². The Balaban J connectivity index is 2.20. The number of methoxy groups -OCH3 is 1. The summed E-state index contributed by atoms with van der Waals surface area (Å²) in [6.45, 7) is 7.91. The zero-order valence-corrected chi connectivity index (χ0v) is 15.7. The van der Waals surface area contributed by atoms with E-state index in [0.29, 0.717) is 19.8 Å². The monoisotopic (exact) mass is 343 g/mol. The summed E-state index contributed by atoms with van der Waals surface area (Å²) in [5.41, 5.74) is 9.62. The molecule has 0 amide bonds. The molecule has 1 atom stereocenters. The second-order valence-electron chi connectivity index (χ2n) is 6.01. The second kappa shape index (κ2) is 9.33. The number of nitrogens with two attached hydrogens (primary N) is 1. The van der Waals surface area contributed by atoms with Crippen molar-refractivity contribution in [2.45, 2.75) is 33.1 Å². The van der Waals surface area contributed by atoms with Crippen LogP contribution in [0.4, 0.5) is 0 Å². The van der Waals surface area contributed by atoms with Crippen molar-refractivity contribution in [2.24, 2.45) is 5.73 Å². The Morgan fingerprint density at radius 3 is 2.20 bits per heavy atom. The van der Waals surface area contributed by atoms with Crippen LogP contribution < -0.4 is 19.9 Å². The Bertz CT molecular complexity index is 685. The van der Waals surface area contributed by atoms with Crippen LogP contribution in [-0.4, -0.2) is 26.9 Å². The van der Waals surface area contributed by atoms with Gasteiger partial charge in [0.25, 0.3) is 0 Å². The van der Waals surface area contributed by atoms with Crippen LogP contribution in [0.2, 0.25) is 0 Å². The highest BCUT2D eigenvalue weighted by Crippen LogP contribution is 2.31. The van der Waals surface area contributed by atoms with Crippen molar-refractivity contribution in [1.82, 2.24) is 0 Å². The van der Waals surface area contributed by atoms with Gasteiger partial charge in [-0.05, 0) is 68.6 Å². The molecule has 136 valence electrons. The van der Waals surface area contributed by atoms with Crippen molar-refractivity contribution >= 4 is 0 Å². The lowest BCUT2D eigenvalue weighted by Crippen LogP contribution is -2.15. The van der Waals surface area contributed by atoms with Gasteiger partial charge in [-0.2, -0.15) is 0 Å². The summed E-state index contributed by atoms with van der Waals surface area (Å²) in [5.74, 6) is 2.72. The number of rotatable bonds is 9. The van der Waals surface area contributed by atoms with Crippen molar-refractivity contribution < 1.29 is 14.2 Å². The minimum Gasteiger partial charge on any atom is -0.494 e. The van der Waals surface area contributed by atoms with Gasteiger partial charge in [0, 0.05) is 5.92 Å². The summed E-state index contributed by atoms with van der Waals surface area (Å²) in [5, 5.41) is 0. The van der Waals surface area contributed by atoms with E-state index >= 15 is 0 Å². The first kappa shape index (κ1) is 19.1. The molecule has 0 heterocycles. The molecule has 0 spiro atoms. The van der Waals surface area contributed by atoms with Gasteiger partial charge in [0.05, 0.1) is 20.3 Å². The molecule has 4 nitrogen and oxygen atoms in total. The van der Waals surface area contributed by atoms with Crippen molar-refractivity contribution in [2.75, 3.05) is 26.9 Å². The number of aryl methyl sites for hydroxylation is 1. The first-order valence-electron chi connectivity index (χ1n) is 8.86. The van der Waals surface area contributed by atoms with E-state index in [-0.39, 0.29) is 5.92 Å². The minimum atomic E-state index is 0.247. The van der Waals surface area contributed by atoms with E-state index in [1.54, 1.807) is 7.11 Å². The van der Waals surface area contributed by atoms with E-state index in [2.05, 4.69) is 25.1 Å². The zero-order valence-electron chi connectivity index (χ0n) is 15.7. The van der Waals surface area contributed by atoms with Crippen molar-refractivity contribution in [3.63, 3.8) is 0 Å². The summed E-state index contributed by atoms with van der Waals surface area (Å²) < 4.78 is 16.7. The standard InChI is InChI=1S/C21H29NO3/c1-5-24-19-10-8-17(11-15(19)3)18(14-22)12-16-7-9-20(25-6-2)21(13-16)23-4/h7-11,13,18H,5-6,12,14,22H2,1-4H3. The smallest absolute Gasteiger partial charge is 0.161 e. The molecule has 25 heavy (non-hydrogen) atoms. The number of hydrogen-bond acceptors (Lipinski definition) is 4. The van der Waals surface area contributed by atoms with E-state index in [0.717, 1.165) is 29.2 Å². The molecule has 0 fully saturated rings. The highest BCUT2D eigenvalue weighted by molar-refractivity contribution is 5.44. The molecular weight excluding hydrogens is 314 g/mol. The third-order valence-electron chi connectivity index (χ3n) is 4.26. The maximum absolute atomic E-state index is 6.06. The van der Waals surface area contributed by atoms with Crippen LogP contribution in [0, 0.1) is 6.92 Å². The lowest BCUT2D eigenvalue weighted by atomic mass is 9.91. The quantitative estimate of drug-likeness (QED) is 0.745. The fourth-order valence-electron chi connectivity index (χ4n) is 2.98. The highest BCUT2D eigenvalue weighted by atomic mass is 16.5. The molecule has 4 heteroatoms. The topological polar surface area (TPSA) is 53.7 Å². The first-order valence-corrected chi connectivity index (χ1v) is 8.86. The summed E-state index contributed by atoms with van der Waals surface area (Å²) >= 11 is 0. The fraction of sp³-hybridized carbons (Fsp3) is 0.429. The van der Waals surface area contributed by atoms with Gasteiger partial charge in [-0.15, -0.1) is 0 Å². The number of hydrogen-bond donors (Lipinski definition) is 1. The molecular formula is C21H29NO3. The Morgan fingerprint density at radius 2 is 1.60 bits per heavy atom. The van der Waals surface area contributed by atoms with E-state index in [1.807, 2.05) is 32.0 Å². The molecule has 0 aliphatic rings. The van der Waals surface area contributed by atoms with E-state index in [4.69, 9.17) is 19.9 Å². The van der Waals surface area contributed by atoms with Crippen molar-refractivity contribution in [3.8, 4) is 17.2 Å². The molecule has 1 unspecified atom stereocenters. The summed E-state index contributed by atoms with van der Waals surface area (Å²) in [7, 11) is 1.66. The highest BCUT2D eigenvalue weighted by Gasteiger charge is 2.14. The van der Waals surface area contributed by atoms with Gasteiger partial charge in [0.2, 0.25) is 0 Å². The molecule has 0 aliphatic carbocycles. The van der Waals surface area contributed by atoms with Gasteiger partial charge >= 0.3 is 0 Å². The summed E-state index contributed by atoms with van der Waals surface area (Å²) in [6, 6.07) is 12.4. The molecule has 0 saturated carbocycles. The third kappa shape index (κ3) is 4.89. The predicted molar refractivity (Wildman–Crippen MR) is 102 cm³/mol. The second-order valence-corrected chi connectivity index (χ2v) is 6.01. The van der Waals surface area contributed by atoms with Crippen molar-refractivity contribution in [3.05, 3.63) is 53.1 Å². The van der Waals surface area contributed by atoms with Crippen LogP contribution in [0.5, 0.6) is 17.2 Å². The van der Waals surface area contributed by atoms with Crippen LogP contribution >= 0.6 is 0 Å². The van der Waals surface area contributed by atoms with Crippen LogP contribution in [0.3, 0.4) is 0 Å². The summed E-state index contributed by atoms with van der Waals surface area (Å²) in [4.78, 5) is 0. The van der Waals surface area contributed by atoms with Gasteiger partial charge in [-0.25, -0.2) is 0 Å². The van der Waals surface area contributed by atoms with Gasteiger partial charge in [-0.3, -0.25) is 0 Å². The molecule has 2 rings (SSSR count).